The van der Waals surface area contributed by atoms with Gasteiger partial charge in [-0.25, -0.2) is 9.36 Å². The molecule has 1 aromatic carbocycles. The van der Waals surface area contributed by atoms with Crippen LogP contribution in [-0.2, 0) is 20.6 Å². The van der Waals surface area contributed by atoms with Gasteiger partial charge in [-0.3, -0.25) is 9.78 Å². The van der Waals surface area contributed by atoms with Gasteiger partial charge in [-0.1, -0.05) is 30.3 Å². The Morgan fingerprint density at radius 1 is 1.15 bits per heavy atom. The van der Waals surface area contributed by atoms with Crippen molar-refractivity contribution in [2.45, 2.75) is 50.6 Å². The first kappa shape index (κ1) is 16.7. The Kier molecular flexibility index (Phi) is 3.59. The first-order valence-electron chi connectivity index (χ1n) is 8.98. The average molecular weight is 372 g/mol. The van der Waals surface area contributed by atoms with E-state index in [0.717, 1.165) is 5.56 Å². The molecule has 5 rings (SSSR count). The van der Waals surface area contributed by atoms with Gasteiger partial charge in [0.05, 0.1) is 5.56 Å². The SMILES string of the molecule is CC1(C)O[C@@H]2[C@H](O1)[C@H]1COc3c(Cc4ccccc4)c(=O)[nH]c(=O)n3[C@@H]2O1. The van der Waals surface area contributed by atoms with E-state index in [2.05, 4.69) is 4.98 Å². The molecule has 142 valence electrons. The fraction of sp³-hybridized carbons (Fsp3) is 0.474. The lowest BCUT2D eigenvalue weighted by Gasteiger charge is -2.23. The van der Waals surface area contributed by atoms with Crippen molar-refractivity contribution in [1.82, 2.24) is 9.55 Å². The maximum absolute atomic E-state index is 12.6. The standard InChI is InChI=1S/C19H20N2O6/c1-19(2)26-13-12-9-24-16-11(8-10-6-4-3-5-7-10)15(22)20-18(23)21(16)17(25-12)14(13)27-19/h3-7,12-14,17H,8-9H2,1-2H3,(H,20,22,23)/t12-,13-,14-,17-/m1/s1. The van der Waals surface area contributed by atoms with E-state index in [9.17, 15) is 9.59 Å². The minimum atomic E-state index is -0.765. The third kappa shape index (κ3) is 2.63. The number of hydrogen-bond acceptors (Lipinski definition) is 6. The third-order valence-corrected chi connectivity index (χ3v) is 5.18. The quantitative estimate of drug-likeness (QED) is 0.844. The molecule has 0 saturated carbocycles. The van der Waals surface area contributed by atoms with Gasteiger partial charge in [-0.2, -0.15) is 0 Å². The summed E-state index contributed by atoms with van der Waals surface area (Å²) in [5.41, 5.74) is 0.314. The smallest absolute Gasteiger partial charge is 0.333 e. The lowest BCUT2D eigenvalue weighted by atomic mass is 10.1. The van der Waals surface area contributed by atoms with Gasteiger partial charge in [-0.15, -0.1) is 0 Å². The van der Waals surface area contributed by atoms with Crippen LogP contribution in [0, 0.1) is 0 Å². The largest absolute Gasteiger partial charge is 0.475 e. The van der Waals surface area contributed by atoms with Crippen LogP contribution >= 0.6 is 0 Å². The summed E-state index contributed by atoms with van der Waals surface area (Å²) in [5, 5.41) is 0. The number of benzene rings is 1. The molecule has 8 heteroatoms. The zero-order valence-electron chi connectivity index (χ0n) is 15.0. The highest BCUT2D eigenvalue weighted by Gasteiger charge is 2.58. The minimum absolute atomic E-state index is 0.182. The highest BCUT2D eigenvalue weighted by atomic mass is 16.8. The van der Waals surface area contributed by atoms with E-state index < -0.39 is 29.4 Å². The molecule has 27 heavy (non-hydrogen) atoms. The number of nitrogens with zero attached hydrogens (tertiary/aromatic N) is 1. The van der Waals surface area contributed by atoms with Gasteiger partial charge in [0.15, 0.2) is 12.0 Å². The molecule has 2 bridgehead atoms. The van der Waals surface area contributed by atoms with E-state index in [4.69, 9.17) is 18.9 Å². The third-order valence-electron chi connectivity index (χ3n) is 5.18. The number of aromatic nitrogens is 2. The fourth-order valence-corrected chi connectivity index (χ4v) is 4.07. The lowest BCUT2D eigenvalue weighted by Crippen LogP contribution is -2.41. The van der Waals surface area contributed by atoms with Crippen LogP contribution in [0.25, 0.3) is 0 Å². The average Bonchev–Trinajstić information content (AvgIpc) is 3.01. The summed E-state index contributed by atoms with van der Waals surface area (Å²) in [6.07, 6.45) is -1.51. The van der Waals surface area contributed by atoms with Crippen LogP contribution in [0.2, 0.25) is 0 Å². The monoisotopic (exact) mass is 372 g/mol. The van der Waals surface area contributed by atoms with Crippen LogP contribution in [-0.4, -0.2) is 40.3 Å². The van der Waals surface area contributed by atoms with Gasteiger partial charge in [0.25, 0.3) is 5.56 Å². The summed E-state index contributed by atoms with van der Waals surface area (Å²) in [7, 11) is 0. The normalized spacial score (nSPS) is 30.3. The van der Waals surface area contributed by atoms with E-state index >= 15 is 0 Å². The number of ether oxygens (including phenoxy) is 4. The molecule has 1 aromatic heterocycles. The van der Waals surface area contributed by atoms with Crippen molar-refractivity contribution in [3.05, 3.63) is 62.3 Å². The highest BCUT2D eigenvalue weighted by molar-refractivity contribution is 5.32. The number of aromatic amines is 1. The second kappa shape index (κ2) is 5.79. The van der Waals surface area contributed by atoms with Crippen molar-refractivity contribution < 1.29 is 18.9 Å². The maximum Gasteiger partial charge on any atom is 0.333 e. The molecule has 2 aromatic rings. The van der Waals surface area contributed by atoms with Gasteiger partial charge in [0.2, 0.25) is 5.88 Å². The number of H-pyrrole nitrogens is 1. The van der Waals surface area contributed by atoms with Gasteiger partial charge in [0, 0.05) is 6.42 Å². The molecule has 3 aliphatic rings. The number of hydrogen-bond donors (Lipinski definition) is 1. The molecule has 2 fully saturated rings. The topological polar surface area (TPSA) is 91.8 Å². The molecule has 4 heterocycles. The Labute approximate surface area is 154 Å². The maximum atomic E-state index is 12.6. The van der Waals surface area contributed by atoms with Gasteiger partial charge < -0.3 is 18.9 Å². The Morgan fingerprint density at radius 2 is 1.89 bits per heavy atom. The highest BCUT2D eigenvalue weighted by Crippen LogP contribution is 2.45. The molecule has 8 nitrogen and oxygen atoms in total. The van der Waals surface area contributed by atoms with E-state index in [0.29, 0.717) is 12.0 Å². The first-order chi connectivity index (χ1) is 12.9. The summed E-state index contributed by atoms with van der Waals surface area (Å²) >= 11 is 0. The second-order valence-corrected chi connectivity index (χ2v) is 7.52. The van der Waals surface area contributed by atoms with Crippen LogP contribution < -0.4 is 16.0 Å². The van der Waals surface area contributed by atoms with Crippen molar-refractivity contribution in [3.8, 4) is 5.88 Å². The summed E-state index contributed by atoms with van der Waals surface area (Å²) in [6.45, 7) is 3.84. The number of rotatable bonds is 2. The Balaban J connectivity index is 1.62. The van der Waals surface area contributed by atoms with E-state index in [1.807, 2.05) is 44.2 Å². The Hall–Kier alpha value is -2.42. The fourth-order valence-electron chi connectivity index (χ4n) is 4.07. The van der Waals surface area contributed by atoms with E-state index in [-0.39, 0.29) is 24.7 Å². The van der Waals surface area contributed by atoms with Crippen molar-refractivity contribution in [2.75, 3.05) is 6.61 Å². The molecule has 0 amide bonds. The molecule has 0 unspecified atom stereocenters. The van der Waals surface area contributed by atoms with E-state index in [1.54, 1.807) is 0 Å². The molecule has 0 radical (unpaired) electrons. The van der Waals surface area contributed by atoms with Crippen molar-refractivity contribution >= 4 is 0 Å². The van der Waals surface area contributed by atoms with Crippen molar-refractivity contribution in [1.29, 1.82) is 0 Å². The molecule has 3 aliphatic heterocycles. The Morgan fingerprint density at radius 3 is 2.67 bits per heavy atom. The molecular weight excluding hydrogens is 352 g/mol. The summed E-state index contributed by atoms with van der Waals surface area (Å²) < 4.78 is 25.2. The number of nitrogens with one attached hydrogen (secondary N) is 1. The molecule has 2 saturated heterocycles. The van der Waals surface area contributed by atoms with Gasteiger partial charge >= 0.3 is 5.69 Å². The minimum Gasteiger partial charge on any atom is -0.475 e. The molecule has 1 N–H and O–H groups in total. The molecule has 0 spiro atoms. The second-order valence-electron chi connectivity index (χ2n) is 7.52. The first-order valence-corrected chi connectivity index (χ1v) is 8.98. The summed E-state index contributed by atoms with van der Waals surface area (Å²) in [5.74, 6) is -0.523. The van der Waals surface area contributed by atoms with Crippen molar-refractivity contribution in [3.63, 3.8) is 0 Å². The van der Waals surface area contributed by atoms with Crippen LogP contribution in [0.4, 0.5) is 0 Å². The zero-order valence-corrected chi connectivity index (χ0v) is 15.0. The van der Waals surface area contributed by atoms with Gasteiger partial charge in [-0.05, 0) is 19.4 Å². The molecule has 4 atom stereocenters. The van der Waals surface area contributed by atoms with Crippen LogP contribution in [0.15, 0.2) is 39.9 Å². The summed E-state index contributed by atoms with van der Waals surface area (Å²) in [4.78, 5) is 27.5. The lowest BCUT2D eigenvalue weighted by molar-refractivity contribution is -0.195. The predicted octanol–water partition coefficient (Wildman–Crippen LogP) is 0.937. The molecular formula is C19H20N2O6. The summed E-state index contributed by atoms with van der Waals surface area (Å²) in [6, 6.07) is 9.56. The van der Waals surface area contributed by atoms with Crippen LogP contribution in [0.5, 0.6) is 5.88 Å². The van der Waals surface area contributed by atoms with Crippen LogP contribution in [0.1, 0.15) is 31.2 Å². The predicted molar refractivity (Wildman–Crippen MR) is 93.8 cm³/mol. The van der Waals surface area contributed by atoms with E-state index in [1.165, 1.54) is 4.57 Å². The zero-order chi connectivity index (χ0) is 18.8. The van der Waals surface area contributed by atoms with Gasteiger partial charge in [0.1, 0.15) is 24.9 Å². The Bertz CT molecular complexity index is 995. The molecule has 0 aliphatic carbocycles. The number of fused-ring (bicyclic) bond motifs is 7. The van der Waals surface area contributed by atoms with Crippen LogP contribution in [0.3, 0.4) is 0 Å². The van der Waals surface area contributed by atoms with Crippen molar-refractivity contribution in [2.24, 2.45) is 0 Å².